The Morgan fingerprint density at radius 1 is 0.931 bits per heavy atom. The van der Waals surface area contributed by atoms with Crippen LogP contribution >= 0.6 is 0 Å². The molecule has 3 fully saturated rings. The minimum Gasteiger partial charge on any atom is -0.368 e. The van der Waals surface area contributed by atoms with Gasteiger partial charge in [0.1, 0.15) is 5.82 Å². The van der Waals surface area contributed by atoms with Crippen LogP contribution in [0.4, 0.5) is 11.8 Å². The van der Waals surface area contributed by atoms with Gasteiger partial charge in [0.25, 0.3) is 0 Å². The fourth-order valence-electron chi connectivity index (χ4n) is 5.82. The molecule has 5 rings (SSSR count). The molecule has 3 heterocycles. The maximum Gasteiger partial charge on any atom is 0.222 e. The van der Waals surface area contributed by atoms with Crippen LogP contribution in [-0.4, -0.2) is 33.0 Å². The minimum atomic E-state index is 0.417. The van der Waals surface area contributed by atoms with Crippen LogP contribution in [0.5, 0.6) is 0 Å². The fraction of sp³-hybridized carbons (Fsp3) is 0.583. The van der Waals surface area contributed by atoms with Gasteiger partial charge in [0, 0.05) is 36.7 Å². The van der Waals surface area contributed by atoms with Crippen molar-refractivity contribution in [3.05, 3.63) is 47.7 Å². The molecular weight excluding hydrogens is 358 g/mol. The molecule has 29 heavy (non-hydrogen) atoms. The lowest BCUT2D eigenvalue weighted by atomic mass is 9.87. The van der Waals surface area contributed by atoms with Crippen molar-refractivity contribution in [1.29, 1.82) is 0 Å². The Labute approximate surface area is 174 Å². The lowest BCUT2D eigenvalue weighted by molar-refractivity contribution is 0.124. The van der Waals surface area contributed by atoms with Crippen molar-refractivity contribution in [2.75, 3.05) is 11.1 Å². The van der Waals surface area contributed by atoms with Crippen LogP contribution in [0, 0.1) is 0 Å². The van der Waals surface area contributed by atoms with Gasteiger partial charge in [0.2, 0.25) is 5.95 Å². The number of anilines is 2. The molecule has 1 aromatic carbocycles. The zero-order valence-electron chi connectivity index (χ0n) is 17.3. The van der Waals surface area contributed by atoms with Crippen LogP contribution in [0.1, 0.15) is 75.0 Å². The summed E-state index contributed by atoms with van der Waals surface area (Å²) < 4.78 is 0. The monoisotopic (exact) mass is 391 g/mol. The highest BCUT2D eigenvalue weighted by Gasteiger charge is 2.40. The first-order valence-corrected chi connectivity index (χ1v) is 11.5. The summed E-state index contributed by atoms with van der Waals surface area (Å²) >= 11 is 0. The number of nitrogens with two attached hydrogens (primary N) is 1. The summed E-state index contributed by atoms with van der Waals surface area (Å²) in [6.07, 6.45) is 11.4. The van der Waals surface area contributed by atoms with E-state index in [9.17, 15) is 0 Å². The number of rotatable bonds is 5. The molecule has 2 bridgehead atoms. The van der Waals surface area contributed by atoms with E-state index in [0.717, 1.165) is 18.1 Å². The number of fused-ring (bicyclic) bond motifs is 2. The van der Waals surface area contributed by atoms with Gasteiger partial charge >= 0.3 is 0 Å². The zero-order valence-corrected chi connectivity index (χ0v) is 17.3. The number of benzene rings is 1. The smallest absolute Gasteiger partial charge is 0.222 e. The summed E-state index contributed by atoms with van der Waals surface area (Å²) in [4.78, 5) is 11.8. The van der Waals surface area contributed by atoms with Gasteiger partial charge in [-0.3, -0.25) is 4.90 Å². The van der Waals surface area contributed by atoms with E-state index in [-0.39, 0.29) is 0 Å². The average Bonchev–Trinajstić information content (AvgIpc) is 2.97. The van der Waals surface area contributed by atoms with Crippen molar-refractivity contribution < 1.29 is 0 Å². The van der Waals surface area contributed by atoms with E-state index in [4.69, 9.17) is 5.73 Å². The first-order valence-electron chi connectivity index (χ1n) is 11.5. The number of aromatic nitrogens is 2. The first-order chi connectivity index (χ1) is 14.2. The molecule has 154 valence electrons. The highest BCUT2D eigenvalue weighted by atomic mass is 15.2. The molecule has 2 aliphatic heterocycles. The molecule has 0 radical (unpaired) electrons. The molecule has 2 unspecified atom stereocenters. The Kier molecular flexibility index (Phi) is 5.40. The van der Waals surface area contributed by atoms with Gasteiger partial charge in [-0.05, 0) is 44.1 Å². The van der Waals surface area contributed by atoms with E-state index in [1.165, 1.54) is 63.4 Å². The molecule has 1 aliphatic carbocycles. The largest absolute Gasteiger partial charge is 0.368 e. The molecule has 1 saturated carbocycles. The van der Waals surface area contributed by atoms with Gasteiger partial charge in [-0.1, -0.05) is 49.6 Å². The van der Waals surface area contributed by atoms with E-state index < -0.39 is 0 Å². The van der Waals surface area contributed by atoms with Crippen LogP contribution in [0.25, 0.3) is 0 Å². The lowest BCUT2D eigenvalue weighted by Crippen LogP contribution is -2.46. The first kappa shape index (κ1) is 18.9. The van der Waals surface area contributed by atoms with Crippen LogP contribution in [-0.2, 0) is 6.54 Å². The fourth-order valence-corrected chi connectivity index (χ4v) is 5.82. The maximum absolute atomic E-state index is 6.08. The van der Waals surface area contributed by atoms with Crippen molar-refractivity contribution in [2.45, 2.75) is 88.4 Å². The second kappa shape index (κ2) is 8.31. The molecular formula is C24H33N5. The molecule has 2 aromatic rings. The molecule has 5 heteroatoms. The summed E-state index contributed by atoms with van der Waals surface area (Å²) in [6, 6.07) is 14.9. The van der Waals surface area contributed by atoms with E-state index in [1.54, 1.807) is 0 Å². The lowest BCUT2D eigenvalue weighted by Gasteiger charge is -2.39. The van der Waals surface area contributed by atoms with Gasteiger partial charge in [-0.2, -0.15) is 4.98 Å². The van der Waals surface area contributed by atoms with Gasteiger partial charge < -0.3 is 11.1 Å². The van der Waals surface area contributed by atoms with Crippen LogP contribution < -0.4 is 11.1 Å². The van der Waals surface area contributed by atoms with Crippen molar-refractivity contribution in [3.63, 3.8) is 0 Å². The van der Waals surface area contributed by atoms with Crippen molar-refractivity contribution in [3.8, 4) is 0 Å². The number of nitrogens with one attached hydrogen (secondary N) is 1. The summed E-state index contributed by atoms with van der Waals surface area (Å²) in [5.41, 5.74) is 8.65. The molecule has 0 spiro atoms. The normalized spacial score (nSPS) is 27.8. The van der Waals surface area contributed by atoms with Crippen molar-refractivity contribution in [2.24, 2.45) is 0 Å². The molecule has 5 nitrogen and oxygen atoms in total. The molecule has 3 N–H and O–H groups in total. The van der Waals surface area contributed by atoms with Crippen LogP contribution in [0.15, 0.2) is 36.4 Å². The Bertz CT molecular complexity index is 803. The predicted molar refractivity (Wildman–Crippen MR) is 118 cm³/mol. The second-order valence-corrected chi connectivity index (χ2v) is 9.23. The molecule has 3 aliphatic rings. The quantitative estimate of drug-likeness (QED) is 0.772. The Hall–Kier alpha value is -2.14. The van der Waals surface area contributed by atoms with Gasteiger partial charge in [0.05, 0.1) is 5.69 Å². The number of piperidine rings is 1. The van der Waals surface area contributed by atoms with Gasteiger partial charge in [-0.25, -0.2) is 4.98 Å². The third-order valence-corrected chi connectivity index (χ3v) is 7.23. The Morgan fingerprint density at radius 2 is 1.66 bits per heavy atom. The summed E-state index contributed by atoms with van der Waals surface area (Å²) in [5.74, 6) is 1.90. The Morgan fingerprint density at radius 3 is 2.38 bits per heavy atom. The van der Waals surface area contributed by atoms with Gasteiger partial charge in [-0.15, -0.1) is 0 Å². The van der Waals surface area contributed by atoms with Crippen LogP contribution in [0.3, 0.4) is 0 Å². The van der Waals surface area contributed by atoms with E-state index in [0.29, 0.717) is 30.0 Å². The minimum absolute atomic E-state index is 0.417. The number of hydrogen-bond donors (Lipinski definition) is 2. The average molecular weight is 392 g/mol. The van der Waals surface area contributed by atoms with E-state index >= 15 is 0 Å². The maximum atomic E-state index is 6.08. The highest BCUT2D eigenvalue weighted by Crippen LogP contribution is 2.38. The predicted octanol–water partition coefficient (Wildman–Crippen LogP) is 4.71. The number of hydrogen-bond acceptors (Lipinski definition) is 5. The summed E-state index contributed by atoms with van der Waals surface area (Å²) in [7, 11) is 0. The standard InChI is InChI=1S/C24H33N5/c25-24-27-22(18-9-5-2-6-10-18)15-23(28-24)26-19-13-20-11-12-21(14-19)29(20)16-17-7-3-1-4-8-17/h1,3-4,7-8,15,18-21H,2,5-6,9-14,16H2,(H3,25,26,27,28). The topological polar surface area (TPSA) is 67.1 Å². The summed E-state index contributed by atoms with van der Waals surface area (Å²) in [5, 5.41) is 3.73. The molecule has 2 saturated heterocycles. The SMILES string of the molecule is Nc1nc(NC2CC3CCC(C2)N3Cc2ccccc2)cc(C2CCCCC2)n1. The number of nitrogens with zero attached hydrogens (tertiary/aromatic N) is 3. The number of nitrogen functional groups attached to an aromatic ring is 1. The van der Waals surface area contributed by atoms with E-state index in [2.05, 4.69) is 56.6 Å². The third-order valence-electron chi connectivity index (χ3n) is 7.23. The second-order valence-electron chi connectivity index (χ2n) is 9.23. The van der Waals surface area contributed by atoms with Crippen molar-refractivity contribution in [1.82, 2.24) is 14.9 Å². The molecule has 2 atom stereocenters. The highest BCUT2D eigenvalue weighted by molar-refractivity contribution is 5.42. The third kappa shape index (κ3) is 4.25. The zero-order chi connectivity index (χ0) is 19.6. The van der Waals surface area contributed by atoms with E-state index in [1.807, 2.05) is 0 Å². The van der Waals surface area contributed by atoms with Crippen molar-refractivity contribution >= 4 is 11.8 Å². The molecule has 1 aromatic heterocycles. The van der Waals surface area contributed by atoms with Gasteiger partial charge in [0.15, 0.2) is 0 Å². The Balaban J connectivity index is 1.25. The van der Waals surface area contributed by atoms with Crippen LogP contribution in [0.2, 0.25) is 0 Å². The summed E-state index contributed by atoms with van der Waals surface area (Å²) in [6.45, 7) is 1.08. The molecule has 0 amide bonds.